The van der Waals surface area contributed by atoms with E-state index in [0.29, 0.717) is 6.04 Å². The first-order chi connectivity index (χ1) is 6.27. The van der Waals surface area contributed by atoms with E-state index in [2.05, 4.69) is 12.2 Å². The van der Waals surface area contributed by atoms with Crippen molar-refractivity contribution in [2.45, 2.75) is 32.2 Å². The average molecular weight is 179 g/mol. The highest BCUT2D eigenvalue weighted by Crippen LogP contribution is 2.25. The number of anilines is 1. The number of halogens is 1. The van der Waals surface area contributed by atoms with E-state index in [4.69, 9.17) is 0 Å². The first kappa shape index (κ1) is 8.54. The van der Waals surface area contributed by atoms with Crippen molar-refractivity contribution < 1.29 is 4.39 Å². The van der Waals surface area contributed by atoms with Gasteiger partial charge in [0.05, 0.1) is 0 Å². The van der Waals surface area contributed by atoms with E-state index in [1.165, 1.54) is 6.07 Å². The van der Waals surface area contributed by atoms with Crippen LogP contribution in [0, 0.1) is 5.82 Å². The van der Waals surface area contributed by atoms with Crippen LogP contribution in [0.2, 0.25) is 0 Å². The van der Waals surface area contributed by atoms with Crippen molar-refractivity contribution >= 4 is 5.69 Å². The average Bonchev–Trinajstić information content (AvgIpc) is 2.27. The lowest BCUT2D eigenvalue weighted by molar-refractivity contribution is 0.602. The minimum atomic E-state index is -0.0703. The van der Waals surface area contributed by atoms with Gasteiger partial charge in [-0.2, -0.15) is 0 Å². The Morgan fingerprint density at radius 3 is 3.15 bits per heavy atom. The van der Waals surface area contributed by atoms with Crippen molar-refractivity contribution in [2.24, 2.45) is 0 Å². The Labute approximate surface area is 78.0 Å². The Kier molecular flexibility index (Phi) is 2.21. The Morgan fingerprint density at radius 1 is 1.46 bits per heavy atom. The third-order valence-electron chi connectivity index (χ3n) is 2.58. The summed E-state index contributed by atoms with van der Waals surface area (Å²) in [4.78, 5) is 0. The molecule has 1 aromatic carbocycles. The van der Waals surface area contributed by atoms with E-state index < -0.39 is 0 Å². The normalized spacial score (nSPS) is 21.5. The van der Waals surface area contributed by atoms with Gasteiger partial charge in [-0.05, 0) is 38.3 Å². The second-order valence-electron chi connectivity index (χ2n) is 3.70. The molecule has 2 rings (SSSR count). The molecular weight excluding hydrogens is 165 g/mol. The standard InChI is InChI=1S/C11H14FN/c1-8-4-2-5-9-10(12)6-3-7-11(9)13-8/h3,6-8,13H,2,4-5H2,1H3. The zero-order valence-electron chi connectivity index (χ0n) is 7.81. The highest BCUT2D eigenvalue weighted by molar-refractivity contribution is 5.53. The van der Waals surface area contributed by atoms with Gasteiger partial charge in [0.2, 0.25) is 0 Å². The van der Waals surface area contributed by atoms with Gasteiger partial charge in [-0.25, -0.2) is 4.39 Å². The van der Waals surface area contributed by atoms with Crippen molar-refractivity contribution in [3.63, 3.8) is 0 Å². The molecule has 1 atom stereocenters. The van der Waals surface area contributed by atoms with Gasteiger partial charge >= 0.3 is 0 Å². The molecule has 0 spiro atoms. The molecule has 13 heavy (non-hydrogen) atoms. The maximum atomic E-state index is 13.3. The number of fused-ring (bicyclic) bond motifs is 1. The van der Waals surface area contributed by atoms with Crippen LogP contribution in [0.1, 0.15) is 25.3 Å². The van der Waals surface area contributed by atoms with Gasteiger partial charge in [0.25, 0.3) is 0 Å². The molecule has 70 valence electrons. The number of benzene rings is 1. The first-order valence-electron chi connectivity index (χ1n) is 4.81. The van der Waals surface area contributed by atoms with Crippen LogP contribution < -0.4 is 5.32 Å². The highest BCUT2D eigenvalue weighted by atomic mass is 19.1. The van der Waals surface area contributed by atoms with Crippen LogP contribution in [-0.2, 0) is 6.42 Å². The summed E-state index contributed by atoms with van der Waals surface area (Å²) in [5.74, 6) is -0.0703. The number of hydrogen-bond donors (Lipinski definition) is 1. The largest absolute Gasteiger partial charge is 0.382 e. The molecule has 1 nitrogen and oxygen atoms in total. The summed E-state index contributed by atoms with van der Waals surface area (Å²) in [6, 6.07) is 5.72. The minimum Gasteiger partial charge on any atom is -0.382 e. The lowest BCUT2D eigenvalue weighted by Gasteiger charge is -2.12. The van der Waals surface area contributed by atoms with Gasteiger partial charge in [-0.15, -0.1) is 0 Å². The molecule has 0 fully saturated rings. The molecule has 1 aromatic rings. The van der Waals surface area contributed by atoms with Gasteiger partial charge < -0.3 is 5.32 Å². The fourth-order valence-corrected chi connectivity index (χ4v) is 1.87. The molecule has 2 heteroatoms. The Hall–Kier alpha value is -1.05. The van der Waals surface area contributed by atoms with Crippen LogP contribution in [0.15, 0.2) is 18.2 Å². The molecule has 0 saturated carbocycles. The fraction of sp³-hybridized carbons (Fsp3) is 0.455. The summed E-state index contributed by atoms with van der Waals surface area (Å²) < 4.78 is 13.3. The van der Waals surface area contributed by atoms with Crippen LogP contribution in [0.25, 0.3) is 0 Å². The van der Waals surface area contributed by atoms with Crippen LogP contribution >= 0.6 is 0 Å². The summed E-state index contributed by atoms with van der Waals surface area (Å²) in [7, 11) is 0. The van der Waals surface area contributed by atoms with Gasteiger partial charge in [0.1, 0.15) is 5.82 Å². The second-order valence-corrected chi connectivity index (χ2v) is 3.70. The second kappa shape index (κ2) is 3.36. The van der Waals surface area contributed by atoms with Crippen molar-refractivity contribution in [1.82, 2.24) is 0 Å². The summed E-state index contributed by atoms with van der Waals surface area (Å²) in [5, 5.41) is 3.32. The van der Waals surface area contributed by atoms with Gasteiger partial charge in [-0.3, -0.25) is 0 Å². The Morgan fingerprint density at radius 2 is 2.31 bits per heavy atom. The molecule has 1 heterocycles. The van der Waals surface area contributed by atoms with Crippen LogP contribution in [0.4, 0.5) is 10.1 Å². The maximum absolute atomic E-state index is 13.3. The zero-order valence-corrected chi connectivity index (χ0v) is 7.81. The van der Waals surface area contributed by atoms with E-state index in [9.17, 15) is 4.39 Å². The van der Waals surface area contributed by atoms with E-state index in [-0.39, 0.29) is 5.82 Å². The van der Waals surface area contributed by atoms with Gasteiger partial charge in [-0.1, -0.05) is 6.07 Å². The lowest BCUT2D eigenvalue weighted by atomic mass is 10.1. The van der Waals surface area contributed by atoms with Crippen LogP contribution in [-0.4, -0.2) is 6.04 Å². The van der Waals surface area contributed by atoms with Crippen LogP contribution in [0.3, 0.4) is 0 Å². The zero-order chi connectivity index (χ0) is 9.26. The Bertz CT molecular complexity index is 309. The third-order valence-corrected chi connectivity index (χ3v) is 2.58. The van der Waals surface area contributed by atoms with E-state index in [0.717, 1.165) is 30.5 Å². The van der Waals surface area contributed by atoms with Crippen molar-refractivity contribution in [2.75, 3.05) is 5.32 Å². The molecule has 0 bridgehead atoms. The molecule has 0 radical (unpaired) electrons. The maximum Gasteiger partial charge on any atom is 0.128 e. The highest BCUT2D eigenvalue weighted by Gasteiger charge is 2.14. The van der Waals surface area contributed by atoms with E-state index >= 15 is 0 Å². The monoisotopic (exact) mass is 179 g/mol. The first-order valence-corrected chi connectivity index (χ1v) is 4.81. The van der Waals surface area contributed by atoms with Crippen molar-refractivity contribution in [3.8, 4) is 0 Å². The fourth-order valence-electron chi connectivity index (χ4n) is 1.87. The summed E-state index contributed by atoms with van der Waals surface area (Å²) in [5.41, 5.74) is 1.83. The molecule has 1 unspecified atom stereocenters. The molecule has 0 aromatic heterocycles. The van der Waals surface area contributed by atoms with Crippen molar-refractivity contribution in [1.29, 1.82) is 0 Å². The van der Waals surface area contributed by atoms with E-state index in [1.54, 1.807) is 6.07 Å². The van der Waals surface area contributed by atoms with Crippen molar-refractivity contribution in [3.05, 3.63) is 29.6 Å². The predicted molar refractivity (Wildman–Crippen MR) is 52.4 cm³/mol. The third kappa shape index (κ3) is 1.67. The van der Waals surface area contributed by atoms with E-state index in [1.807, 2.05) is 6.07 Å². The molecular formula is C11H14FN. The predicted octanol–water partition coefficient (Wildman–Crippen LogP) is 2.96. The summed E-state index contributed by atoms with van der Waals surface area (Å²) >= 11 is 0. The van der Waals surface area contributed by atoms with Crippen LogP contribution in [0.5, 0.6) is 0 Å². The SMILES string of the molecule is CC1CCCc2c(F)cccc2N1. The number of nitrogens with one attached hydrogen (secondary N) is 1. The van der Waals surface area contributed by atoms with Gasteiger partial charge in [0.15, 0.2) is 0 Å². The quantitative estimate of drug-likeness (QED) is 0.645. The molecule has 0 amide bonds. The molecule has 0 aliphatic carbocycles. The number of rotatable bonds is 0. The lowest BCUT2D eigenvalue weighted by Crippen LogP contribution is -2.13. The molecule has 1 N–H and O–H groups in total. The topological polar surface area (TPSA) is 12.0 Å². The molecule has 1 aliphatic rings. The molecule has 0 saturated heterocycles. The smallest absolute Gasteiger partial charge is 0.128 e. The van der Waals surface area contributed by atoms with Gasteiger partial charge in [0, 0.05) is 17.3 Å². The number of hydrogen-bond acceptors (Lipinski definition) is 1. The molecule has 1 aliphatic heterocycles. The summed E-state index contributed by atoms with van der Waals surface area (Å²) in [6.45, 7) is 2.14. The summed E-state index contributed by atoms with van der Waals surface area (Å²) in [6.07, 6.45) is 3.05. The minimum absolute atomic E-state index is 0.0703. The Balaban J connectivity index is 2.39.